The highest BCUT2D eigenvalue weighted by atomic mass is 35.5. The van der Waals surface area contributed by atoms with E-state index in [1.54, 1.807) is 0 Å². The van der Waals surface area contributed by atoms with Gasteiger partial charge in [0.1, 0.15) is 0 Å². The Balaban J connectivity index is 0.00000225. The zero-order valence-corrected chi connectivity index (χ0v) is 10.4. The molecule has 2 amide bonds. The van der Waals surface area contributed by atoms with Crippen molar-refractivity contribution < 1.29 is 9.59 Å². The predicted octanol–water partition coefficient (Wildman–Crippen LogP) is -0.211. The average molecular weight is 250 g/mol. The van der Waals surface area contributed by atoms with Gasteiger partial charge in [-0.25, -0.2) is 0 Å². The highest BCUT2D eigenvalue weighted by molar-refractivity contribution is 5.85. The molecule has 6 heteroatoms. The maximum absolute atomic E-state index is 11.8. The summed E-state index contributed by atoms with van der Waals surface area (Å²) >= 11 is 0. The molecule has 1 saturated heterocycles. The smallest absolute Gasteiger partial charge is 0.227 e. The summed E-state index contributed by atoms with van der Waals surface area (Å²) in [6, 6.07) is 0. The summed E-state index contributed by atoms with van der Waals surface area (Å²) in [5.74, 6) is -0.377. The first-order valence-electron chi connectivity index (χ1n) is 5.32. The van der Waals surface area contributed by atoms with E-state index in [2.05, 4.69) is 10.6 Å². The Morgan fingerprint density at radius 3 is 2.69 bits per heavy atom. The normalized spacial score (nSPS) is 24.3. The molecule has 1 atom stereocenters. The third kappa shape index (κ3) is 4.37. The summed E-state index contributed by atoms with van der Waals surface area (Å²) in [5, 5.41) is 5.95. The summed E-state index contributed by atoms with van der Waals surface area (Å²) in [7, 11) is 0. The maximum atomic E-state index is 11.8. The van der Waals surface area contributed by atoms with Crippen LogP contribution in [0, 0.1) is 5.41 Å². The number of carbonyl (C=O) groups excluding carboxylic acids is 2. The van der Waals surface area contributed by atoms with E-state index >= 15 is 0 Å². The molecular weight excluding hydrogens is 230 g/mol. The lowest BCUT2D eigenvalue weighted by molar-refractivity contribution is -0.131. The Labute approximate surface area is 102 Å². The second-order valence-electron chi connectivity index (χ2n) is 4.31. The monoisotopic (exact) mass is 249 g/mol. The van der Waals surface area contributed by atoms with Crippen LogP contribution in [-0.4, -0.2) is 31.4 Å². The van der Waals surface area contributed by atoms with Gasteiger partial charge in [0, 0.05) is 19.5 Å². The Bertz CT molecular complexity index is 252. The first-order chi connectivity index (χ1) is 7.04. The van der Waals surface area contributed by atoms with Crippen molar-refractivity contribution in [2.75, 3.05) is 19.6 Å². The van der Waals surface area contributed by atoms with Gasteiger partial charge in [-0.1, -0.05) is 0 Å². The van der Waals surface area contributed by atoms with Crippen LogP contribution in [0.1, 0.15) is 26.2 Å². The minimum atomic E-state index is -0.387. The van der Waals surface area contributed by atoms with Crippen molar-refractivity contribution in [2.24, 2.45) is 11.1 Å². The standard InChI is InChI=1S/C10H19N3O2.ClH/c1-10(4-2-5-12-7-10)9(15)13-6-3-8(11)14;/h12H,2-7H2,1H3,(H2,11,14)(H,13,15);1H. The fraction of sp³-hybridized carbons (Fsp3) is 0.800. The highest BCUT2D eigenvalue weighted by Gasteiger charge is 2.34. The van der Waals surface area contributed by atoms with E-state index in [9.17, 15) is 9.59 Å². The third-order valence-corrected chi connectivity index (χ3v) is 2.80. The highest BCUT2D eigenvalue weighted by Crippen LogP contribution is 2.25. The van der Waals surface area contributed by atoms with Gasteiger partial charge in [-0.05, 0) is 26.3 Å². The second kappa shape index (κ2) is 6.70. The predicted molar refractivity (Wildman–Crippen MR) is 64.3 cm³/mol. The first-order valence-corrected chi connectivity index (χ1v) is 5.32. The molecule has 94 valence electrons. The fourth-order valence-electron chi connectivity index (χ4n) is 1.76. The molecule has 1 aliphatic heterocycles. The number of hydrogen-bond donors (Lipinski definition) is 3. The lowest BCUT2D eigenvalue weighted by Crippen LogP contribution is -2.49. The zero-order chi connectivity index (χ0) is 11.3. The summed E-state index contributed by atoms with van der Waals surface area (Å²) in [6.45, 7) is 3.96. The lowest BCUT2D eigenvalue weighted by Gasteiger charge is -2.32. The van der Waals surface area contributed by atoms with E-state index in [0.29, 0.717) is 13.1 Å². The largest absolute Gasteiger partial charge is 0.370 e. The van der Waals surface area contributed by atoms with Crippen molar-refractivity contribution in [1.82, 2.24) is 10.6 Å². The molecule has 1 fully saturated rings. The molecule has 1 unspecified atom stereocenters. The van der Waals surface area contributed by atoms with Crippen LogP contribution in [0.3, 0.4) is 0 Å². The molecule has 0 radical (unpaired) electrons. The number of piperidine rings is 1. The minimum Gasteiger partial charge on any atom is -0.370 e. The van der Waals surface area contributed by atoms with Gasteiger partial charge in [0.05, 0.1) is 5.41 Å². The molecular formula is C10H20ClN3O2. The van der Waals surface area contributed by atoms with Crippen LogP contribution in [0.5, 0.6) is 0 Å². The molecule has 0 aromatic rings. The van der Waals surface area contributed by atoms with Crippen LogP contribution in [0.15, 0.2) is 0 Å². The summed E-state index contributed by atoms with van der Waals surface area (Å²) < 4.78 is 0. The van der Waals surface area contributed by atoms with Gasteiger partial charge in [-0.3, -0.25) is 9.59 Å². The van der Waals surface area contributed by atoms with E-state index in [4.69, 9.17) is 5.73 Å². The SMILES string of the molecule is CC1(C(=O)NCCC(N)=O)CCCNC1.Cl. The van der Waals surface area contributed by atoms with Crippen molar-refractivity contribution >= 4 is 24.2 Å². The molecule has 0 aliphatic carbocycles. The fourth-order valence-corrected chi connectivity index (χ4v) is 1.76. The van der Waals surface area contributed by atoms with Gasteiger partial charge >= 0.3 is 0 Å². The van der Waals surface area contributed by atoms with Gasteiger partial charge < -0.3 is 16.4 Å². The van der Waals surface area contributed by atoms with Gasteiger partial charge in [-0.15, -0.1) is 12.4 Å². The zero-order valence-electron chi connectivity index (χ0n) is 9.54. The molecule has 0 bridgehead atoms. The Hall–Kier alpha value is -0.810. The molecule has 5 nitrogen and oxygen atoms in total. The van der Waals surface area contributed by atoms with Crippen molar-refractivity contribution in [3.8, 4) is 0 Å². The molecule has 0 saturated carbocycles. The second-order valence-corrected chi connectivity index (χ2v) is 4.31. The number of primary amides is 1. The van der Waals surface area contributed by atoms with Crippen LogP contribution >= 0.6 is 12.4 Å². The third-order valence-electron chi connectivity index (χ3n) is 2.80. The van der Waals surface area contributed by atoms with Crippen LogP contribution < -0.4 is 16.4 Å². The summed E-state index contributed by atoms with van der Waals surface area (Å²) in [6.07, 6.45) is 2.11. The quantitative estimate of drug-likeness (QED) is 0.645. The number of nitrogens with two attached hydrogens (primary N) is 1. The number of hydrogen-bond acceptors (Lipinski definition) is 3. The van der Waals surface area contributed by atoms with Crippen LogP contribution in [-0.2, 0) is 9.59 Å². The van der Waals surface area contributed by atoms with Gasteiger partial charge in [0.2, 0.25) is 11.8 Å². The Morgan fingerprint density at radius 2 is 2.19 bits per heavy atom. The van der Waals surface area contributed by atoms with Crippen LogP contribution in [0.2, 0.25) is 0 Å². The summed E-state index contributed by atoms with van der Waals surface area (Å²) in [4.78, 5) is 22.3. The molecule has 0 aromatic heterocycles. The minimum absolute atomic E-state index is 0. The van der Waals surface area contributed by atoms with E-state index in [-0.39, 0.29) is 36.1 Å². The van der Waals surface area contributed by atoms with Crippen molar-refractivity contribution in [3.63, 3.8) is 0 Å². The number of carbonyl (C=O) groups is 2. The van der Waals surface area contributed by atoms with Gasteiger partial charge in [0.25, 0.3) is 0 Å². The average Bonchev–Trinajstić information content (AvgIpc) is 2.18. The topological polar surface area (TPSA) is 84.2 Å². The van der Waals surface area contributed by atoms with Crippen LogP contribution in [0.4, 0.5) is 0 Å². The molecule has 0 spiro atoms. The Morgan fingerprint density at radius 1 is 1.50 bits per heavy atom. The van der Waals surface area contributed by atoms with Crippen molar-refractivity contribution in [2.45, 2.75) is 26.2 Å². The van der Waals surface area contributed by atoms with Gasteiger partial charge in [-0.2, -0.15) is 0 Å². The number of rotatable bonds is 4. The molecule has 16 heavy (non-hydrogen) atoms. The molecule has 4 N–H and O–H groups in total. The molecule has 1 aliphatic rings. The lowest BCUT2D eigenvalue weighted by atomic mass is 9.82. The van der Waals surface area contributed by atoms with Crippen LogP contribution in [0.25, 0.3) is 0 Å². The van der Waals surface area contributed by atoms with E-state index in [0.717, 1.165) is 19.4 Å². The number of halogens is 1. The molecule has 1 heterocycles. The Kier molecular flexibility index (Phi) is 6.36. The number of amides is 2. The van der Waals surface area contributed by atoms with Gasteiger partial charge in [0.15, 0.2) is 0 Å². The maximum Gasteiger partial charge on any atom is 0.227 e. The van der Waals surface area contributed by atoms with E-state index < -0.39 is 0 Å². The van der Waals surface area contributed by atoms with E-state index in [1.807, 2.05) is 6.92 Å². The molecule has 1 rings (SSSR count). The van der Waals surface area contributed by atoms with Crippen molar-refractivity contribution in [1.29, 1.82) is 0 Å². The molecule has 0 aromatic carbocycles. The summed E-state index contributed by atoms with van der Waals surface area (Å²) in [5.41, 5.74) is 4.65. The first kappa shape index (κ1) is 15.2. The number of nitrogens with one attached hydrogen (secondary N) is 2. The van der Waals surface area contributed by atoms with E-state index in [1.165, 1.54) is 0 Å². The van der Waals surface area contributed by atoms with Crippen molar-refractivity contribution in [3.05, 3.63) is 0 Å².